The van der Waals surface area contributed by atoms with Crippen LogP contribution >= 0.6 is 11.6 Å². The van der Waals surface area contributed by atoms with Crippen LogP contribution in [-0.4, -0.2) is 33.2 Å². The zero-order valence-corrected chi connectivity index (χ0v) is 23.7. The molecule has 1 saturated heterocycles. The Labute approximate surface area is 239 Å². The summed E-state index contributed by atoms with van der Waals surface area (Å²) >= 11 is 6.25. The molecule has 7 nitrogen and oxygen atoms in total. The largest absolute Gasteiger partial charge is 0.354 e. The summed E-state index contributed by atoms with van der Waals surface area (Å²) in [6, 6.07) is 14.2. The first-order valence-corrected chi connectivity index (χ1v) is 14.6. The number of piperidine rings is 1. The van der Waals surface area contributed by atoms with E-state index in [1.54, 1.807) is 24.4 Å². The smallest absolute Gasteiger partial charge is 0.339 e. The quantitative estimate of drug-likeness (QED) is 0.195. The first kappa shape index (κ1) is 28.5. The molecule has 6 N–H and O–H groups in total. The number of aromatic amines is 1. The number of nitrogens with two attached hydrogens (primary N) is 2. The molecule has 0 amide bonds. The highest BCUT2D eigenvalue weighted by molar-refractivity contribution is 6.31. The maximum atomic E-state index is 15.1. The van der Waals surface area contributed by atoms with Crippen LogP contribution in [0, 0.1) is 5.82 Å². The summed E-state index contributed by atoms with van der Waals surface area (Å²) in [5, 5.41) is 4.53. The fraction of sp³-hybridized carbons (Fsp3) is 0.419. The second-order valence-electron chi connectivity index (χ2n) is 11.1. The number of nitrogens with zero attached hydrogens (tertiary/aromatic N) is 2. The maximum absolute atomic E-state index is 15.1. The molecule has 2 aromatic carbocycles. The molecular formula is C31H38ClFN6O. The van der Waals surface area contributed by atoms with Gasteiger partial charge < -0.3 is 21.8 Å². The number of halogens is 2. The minimum atomic E-state index is -0.503. The van der Waals surface area contributed by atoms with Crippen molar-refractivity contribution in [1.82, 2.24) is 19.9 Å². The van der Waals surface area contributed by atoms with Crippen LogP contribution in [0.3, 0.4) is 0 Å². The topological polar surface area (TPSA) is 115 Å². The molecule has 1 fully saturated rings. The Morgan fingerprint density at radius 2 is 1.98 bits per heavy atom. The van der Waals surface area contributed by atoms with Crippen molar-refractivity contribution < 1.29 is 4.39 Å². The highest BCUT2D eigenvalue weighted by Gasteiger charge is 2.22. The zero-order valence-electron chi connectivity index (χ0n) is 22.9. The van der Waals surface area contributed by atoms with Gasteiger partial charge in [-0.05, 0) is 99.9 Å². The number of nitrogens with one attached hydrogen (secondary N) is 2. The Morgan fingerprint density at radius 3 is 2.73 bits per heavy atom. The Hall–Kier alpha value is -3.04. The van der Waals surface area contributed by atoms with Gasteiger partial charge in [0.2, 0.25) is 0 Å². The van der Waals surface area contributed by atoms with E-state index in [4.69, 9.17) is 23.1 Å². The van der Waals surface area contributed by atoms with E-state index in [9.17, 15) is 4.79 Å². The molecule has 5 rings (SSSR count). The fourth-order valence-electron chi connectivity index (χ4n) is 5.68. The molecular weight excluding hydrogens is 527 g/mol. The first-order valence-electron chi connectivity index (χ1n) is 14.2. The van der Waals surface area contributed by atoms with Crippen LogP contribution in [0.5, 0.6) is 0 Å². The molecule has 3 atom stereocenters. The minimum absolute atomic E-state index is 0.0673. The highest BCUT2D eigenvalue weighted by atomic mass is 35.5. The molecule has 0 spiro atoms. The highest BCUT2D eigenvalue weighted by Crippen LogP contribution is 2.32. The fourth-order valence-corrected chi connectivity index (χ4v) is 5.92. The van der Waals surface area contributed by atoms with Gasteiger partial charge in [0.05, 0.1) is 16.4 Å². The number of H-pyrrole nitrogens is 1. The van der Waals surface area contributed by atoms with Crippen molar-refractivity contribution in [2.75, 3.05) is 6.54 Å². The standard InChI is InChI=1S/C31H38ClFN6O/c1-19(35)5-2-6-20-15-25(29(33)26(32)16-20)28-17-22-18-39(31(40)38-30(22)37-28)24-12-10-21(11-13-24)27-9-3-7-23(36-27)8-4-14-34/h10-13,15-19,23,27,36H,2-9,14,34-35H2,1H3,(H,37,38,40)/t19-,23-,27-/m0/s1. The van der Waals surface area contributed by atoms with Gasteiger partial charge in [-0.15, -0.1) is 0 Å². The molecule has 3 heterocycles. The third kappa shape index (κ3) is 6.47. The normalized spacial score (nSPS) is 18.3. The predicted octanol–water partition coefficient (Wildman–Crippen LogP) is 5.77. The van der Waals surface area contributed by atoms with Crippen molar-refractivity contribution >= 4 is 22.6 Å². The summed E-state index contributed by atoms with van der Waals surface area (Å²) in [5.74, 6) is -0.503. The Morgan fingerprint density at radius 1 is 1.18 bits per heavy atom. The van der Waals surface area contributed by atoms with Gasteiger partial charge in [-0.2, -0.15) is 4.98 Å². The third-order valence-corrected chi connectivity index (χ3v) is 8.10. The third-order valence-electron chi connectivity index (χ3n) is 7.82. The van der Waals surface area contributed by atoms with Crippen LogP contribution in [0.25, 0.3) is 28.0 Å². The molecule has 1 aliphatic rings. The number of aromatic nitrogens is 3. The van der Waals surface area contributed by atoms with Gasteiger partial charge in [-0.3, -0.25) is 4.57 Å². The molecule has 0 bridgehead atoms. The molecule has 9 heteroatoms. The molecule has 1 aliphatic heterocycles. The van der Waals surface area contributed by atoms with Gasteiger partial charge in [-0.1, -0.05) is 30.2 Å². The van der Waals surface area contributed by atoms with E-state index >= 15 is 4.39 Å². The van der Waals surface area contributed by atoms with Crippen molar-refractivity contribution in [2.24, 2.45) is 11.5 Å². The summed E-state index contributed by atoms with van der Waals surface area (Å²) in [7, 11) is 0. The van der Waals surface area contributed by atoms with E-state index in [0.29, 0.717) is 34.4 Å². The molecule has 212 valence electrons. The summed E-state index contributed by atoms with van der Waals surface area (Å²) in [6.45, 7) is 2.69. The lowest BCUT2D eigenvalue weighted by Gasteiger charge is -2.31. The molecule has 4 aromatic rings. The van der Waals surface area contributed by atoms with Crippen LogP contribution in [0.4, 0.5) is 4.39 Å². The SMILES string of the molecule is C[C@H](N)CCCc1cc(Cl)c(F)c(-c2cc3cn(-c4ccc([C@@H]5CCC[C@@H](CCCN)N5)cc4)c(=O)nc3[nH]2)c1. The molecule has 2 aromatic heterocycles. The zero-order chi connectivity index (χ0) is 28.2. The average molecular weight is 565 g/mol. The molecule has 0 unspecified atom stereocenters. The minimum Gasteiger partial charge on any atom is -0.339 e. The van der Waals surface area contributed by atoms with E-state index in [1.165, 1.54) is 23.0 Å². The average Bonchev–Trinajstić information content (AvgIpc) is 3.36. The van der Waals surface area contributed by atoms with Crippen molar-refractivity contribution in [3.63, 3.8) is 0 Å². The van der Waals surface area contributed by atoms with Crippen LogP contribution in [0.15, 0.2) is 53.5 Å². The van der Waals surface area contributed by atoms with Gasteiger partial charge in [0, 0.05) is 35.3 Å². The van der Waals surface area contributed by atoms with Crippen molar-refractivity contribution in [2.45, 2.75) is 76.4 Å². The van der Waals surface area contributed by atoms with Crippen LogP contribution in [0.2, 0.25) is 5.02 Å². The molecule has 0 radical (unpaired) electrons. The summed E-state index contributed by atoms with van der Waals surface area (Å²) in [5.41, 5.74) is 15.3. The van der Waals surface area contributed by atoms with Gasteiger partial charge in [0.25, 0.3) is 0 Å². The van der Waals surface area contributed by atoms with Crippen molar-refractivity contribution in [3.05, 3.63) is 81.1 Å². The van der Waals surface area contributed by atoms with Gasteiger partial charge in [0.15, 0.2) is 5.82 Å². The van der Waals surface area contributed by atoms with E-state index < -0.39 is 11.5 Å². The summed E-state index contributed by atoms with van der Waals surface area (Å²) in [4.78, 5) is 20.3. The Kier molecular flexibility index (Phi) is 9.00. The van der Waals surface area contributed by atoms with E-state index in [-0.39, 0.29) is 11.1 Å². The number of hydrogen-bond donors (Lipinski definition) is 4. The van der Waals surface area contributed by atoms with Crippen molar-refractivity contribution in [1.29, 1.82) is 0 Å². The predicted molar refractivity (Wildman–Crippen MR) is 160 cm³/mol. The van der Waals surface area contributed by atoms with Crippen LogP contribution in [-0.2, 0) is 6.42 Å². The van der Waals surface area contributed by atoms with Gasteiger partial charge >= 0.3 is 5.69 Å². The van der Waals surface area contributed by atoms with E-state index in [2.05, 4.69) is 27.4 Å². The lowest BCUT2D eigenvalue weighted by molar-refractivity contribution is 0.309. The number of aryl methyl sites for hydroxylation is 1. The van der Waals surface area contributed by atoms with Crippen LogP contribution < -0.4 is 22.5 Å². The lowest BCUT2D eigenvalue weighted by Crippen LogP contribution is -2.37. The Bertz CT molecular complexity index is 1510. The molecule has 40 heavy (non-hydrogen) atoms. The summed E-state index contributed by atoms with van der Waals surface area (Å²) in [6.07, 6.45) is 9.84. The van der Waals surface area contributed by atoms with Crippen molar-refractivity contribution in [3.8, 4) is 16.9 Å². The number of hydrogen-bond acceptors (Lipinski definition) is 5. The van der Waals surface area contributed by atoms with Gasteiger partial charge in [-0.25, -0.2) is 9.18 Å². The summed E-state index contributed by atoms with van der Waals surface area (Å²) < 4.78 is 16.6. The number of benzene rings is 2. The first-order chi connectivity index (χ1) is 19.3. The number of fused-ring (bicyclic) bond motifs is 1. The van der Waals surface area contributed by atoms with Crippen LogP contribution in [0.1, 0.15) is 69.0 Å². The second kappa shape index (κ2) is 12.6. The van der Waals surface area contributed by atoms with Gasteiger partial charge in [0.1, 0.15) is 5.65 Å². The molecule has 0 saturated carbocycles. The lowest BCUT2D eigenvalue weighted by atomic mass is 9.91. The second-order valence-corrected chi connectivity index (χ2v) is 11.5. The van der Waals surface area contributed by atoms with E-state index in [1.807, 2.05) is 19.1 Å². The monoisotopic (exact) mass is 564 g/mol. The molecule has 0 aliphatic carbocycles. The Balaban J connectivity index is 1.39. The maximum Gasteiger partial charge on any atom is 0.354 e. The van der Waals surface area contributed by atoms with E-state index in [0.717, 1.165) is 56.3 Å². The number of rotatable bonds is 10.